The molecule has 0 saturated carbocycles. The Labute approximate surface area is 219 Å². The minimum absolute atomic E-state index is 0.0938. The summed E-state index contributed by atoms with van der Waals surface area (Å²) in [6.07, 6.45) is 0.652. The van der Waals surface area contributed by atoms with Gasteiger partial charge in [0.25, 0.3) is 16.1 Å². The second kappa shape index (κ2) is 11.3. The van der Waals surface area contributed by atoms with Crippen LogP contribution in [-0.2, 0) is 16.8 Å². The van der Waals surface area contributed by atoms with Crippen LogP contribution in [0.2, 0.25) is 0 Å². The van der Waals surface area contributed by atoms with Crippen LogP contribution in [0, 0.1) is 11.6 Å². The molecule has 1 aromatic heterocycles. The molecule has 0 spiro atoms. The van der Waals surface area contributed by atoms with E-state index in [9.17, 15) is 17.6 Å². The zero-order valence-electron chi connectivity index (χ0n) is 20.9. The molecule has 0 fully saturated rings. The highest BCUT2D eigenvalue weighted by atomic mass is 32.2. The van der Waals surface area contributed by atoms with E-state index in [0.29, 0.717) is 12.1 Å². The Hall–Kier alpha value is -3.81. The lowest BCUT2D eigenvalue weighted by molar-refractivity contribution is 0.116. The number of aromatic nitrogens is 1. The number of likely N-dealkylation sites (N-methyl/N-ethyl adjacent to an activating group) is 1. The van der Waals surface area contributed by atoms with Crippen LogP contribution >= 0.6 is 0 Å². The molecule has 202 valence electrons. The van der Waals surface area contributed by atoms with Gasteiger partial charge < -0.3 is 14.4 Å². The normalized spacial score (nSPS) is 15.3. The maximum absolute atomic E-state index is 15.3. The third-order valence-electron chi connectivity index (χ3n) is 5.79. The minimum Gasteiger partial charge on any atom is -0.436 e. The van der Waals surface area contributed by atoms with E-state index in [0.717, 1.165) is 0 Å². The largest absolute Gasteiger partial charge is 0.436 e. The first-order chi connectivity index (χ1) is 18.0. The molecule has 2 heterocycles. The Kier molecular flexibility index (Phi) is 8.09. The van der Waals surface area contributed by atoms with E-state index in [2.05, 4.69) is 14.4 Å². The molecule has 38 heavy (non-hydrogen) atoms. The first kappa shape index (κ1) is 27.2. The Morgan fingerprint density at radius 1 is 1.16 bits per heavy atom. The number of hydrogen-bond acceptors (Lipinski definition) is 7. The molecule has 1 aliphatic rings. The molecule has 1 aliphatic heterocycles. The molecule has 13 heteroatoms. The van der Waals surface area contributed by atoms with Crippen molar-refractivity contribution >= 4 is 22.0 Å². The van der Waals surface area contributed by atoms with Crippen molar-refractivity contribution in [3.05, 3.63) is 77.5 Å². The van der Waals surface area contributed by atoms with Crippen molar-refractivity contribution in [1.29, 1.82) is 0 Å². The zero-order valence-corrected chi connectivity index (χ0v) is 21.8. The summed E-state index contributed by atoms with van der Waals surface area (Å²) in [5, 5.41) is 0. The second-order valence-corrected chi connectivity index (χ2v) is 10.3. The van der Waals surface area contributed by atoms with Gasteiger partial charge in [-0.05, 0) is 51.4 Å². The highest BCUT2D eigenvalue weighted by Crippen LogP contribution is 2.39. The summed E-state index contributed by atoms with van der Waals surface area (Å²) in [7, 11) is -0.410. The minimum atomic E-state index is -4.01. The summed E-state index contributed by atoms with van der Waals surface area (Å²) < 4.78 is 69.2. The highest BCUT2D eigenvalue weighted by molar-refractivity contribution is 7.90. The van der Waals surface area contributed by atoms with Gasteiger partial charge in [-0.1, -0.05) is 12.1 Å². The van der Waals surface area contributed by atoms with E-state index in [-0.39, 0.29) is 41.7 Å². The van der Waals surface area contributed by atoms with E-state index in [1.54, 1.807) is 38.1 Å². The number of hydrogen-bond donors (Lipinski definition) is 2. The van der Waals surface area contributed by atoms with Crippen LogP contribution in [-0.4, -0.2) is 56.5 Å². The first-order valence-corrected chi connectivity index (χ1v) is 13.1. The predicted molar refractivity (Wildman–Crippen MR) is 136 cm³/mol. The van der Waals surface area contributed by atoms with Crippen LogP contribution in [0.3, 0.4) is 0 Å². The molecule has 0 radical (unpaired) electrons. The molecular formula is C25H27F2N5O5S. The molecule has 0 unspecified atom stereocenters. The monoisotopic (exact) mass is 547 g/mol. The lowest BCUT2D eigenvalue weighted by atomic mass is 10.0. The van der Waals surface area contributed by atoms with Gasteiger partial charge in [-0.2, -0.15) is 13.1 Å². The van der Waals surface area contributed by atoms with Gasteiger partial charge in [0.15, 0.2) is 11.6 Å². The van der Waals surface area contributed by atoms with E-state index in [1.807, 2.05) is 0 Å². The van der Waals surface area contributed by atoms with Crippen LogP contribution in [0.4, 0.5) is 19.3 Å². The van der Waals surface area contributed by atoms with Gasteiger partial charge >= 0.3 is 6.09 Å². The Morgan fingerprint density at radius 3 is 2.68 bits per heavy atom. The summed E-state index contributed by atoms with van der Waals surface area (Å²) in [6.45, 7) is 2.18. The van der Waals surface area contributed by atoms with Gasteiger partial charge in [0.2, 0.25) is 0 Å². The fraction of sp³-hybridized carbons (Fsp3) is 0.280. The van der Waals surface area contributed by atoms with Crippen molar-refractivity contribution in [1.82, 2.24) is 19.5 Å². The maximum atomic E-state index is 15.3. The molecular weight excluding hydrogens is 520 g/mol. The smallest absolute Gasteiger partial charge is 0.416 e. The molecule has 3 aromatic rings. The van der Waals surface area contributed by atoms with Crippen LogP contribution in [0.1, 0.15) is 24.1 Å². The van der Waals surface area contributed by atoms with Gasteiger partial charge in [0.05, 0.1) is 18.3 Å². The molecule has 1 amide bonds. The second-order valence-electron chi connectivity index (χ2n) is 8.85. The van der Waals surface area contributed by atoms with Gasteiger partial charge in [-0.3, -0.25) is 9.62 Å². The molecule has 10 nitrogen and oxygen atoms in total. The summed E-state index contributed by atoms with van der Waals surface area (Å²) in [5.74, 6) is -1.23. The van der Waals surface area contributed by atoms with Crippen molar-refractivity contribution in [2.75, 3.05) is 31.9 Å². The Bertz CT molecular complexity index is 1440. The van der Waals surface area contributed by atoms with E-state index in [4.69, 9.17) is 9.47 Å². The fourth-order valence-electron chi connectivity index (χ4n) is 3.80. The standard InChI is InChI=1S/C25H27F2N5O5S/c1-16-19-10-9-18(36-24-20(26)7-5-11-28-24)14-22(19)37-25(33)32(16)15-17-6-4-8-21(23(17)27)30-38(34,35)29-12-13-31(2)3/h4-11,14,16,29-30H,12-13,15H2,1-3H3/t16-/m1/s1. The number of anilines is 1. The average molecular weight is 548 g/mol. The number of benzene rings is 2. The number of nitrogens with zero attached hydrogens (tertiary/aromatic N) is 3. The Balaban J connectivity index is 1.49. The quantitative estimate of drug-likeness (QED) is 0.394. The van der Waals surface area contributed by atoms with Crippen LogP contribution in [0.15, 0.2) is 54.7 Å². The summed E-state index contributed by atoms with van der Waals surface area (Å²) in [6, 6.07) is 11.1. The predicted octanol–water partition coefficient (Wildman–Crippen LogP) is 4.04. The van der Waals surface area contributed by atoms with Gasteiger partial charge in [-0.15, -0.1) is 0 Å². The molecule has 4 rings (SSSR count). The molecule has 0 aliphatic carbocycles. The third kappa shape index (κ3) is 6.36. The number of carbonyl (C=O) groups excluding carboxylic acids is 1. The number of fused-ring (bicyclic) bond motifs is 1. The molecule has 2 aromatic carbocycles. The highest BCUT2D eigenvalue weighted by Gasteiger charge is 2.33. The number of pyridine rings is 1. The lowest BCUT2D eigenvalue weighted by Crippen LogP contribution is -2.39. The van der Waals surface area contributed by atoms with Gasteiger partial charge in [-0.25, -0.2) is 18.6 Å². The van der Waals surface area contributed by atoms with Gasteiger partial charge in [0.1, 0.15) is 11.5 Å². The number of nitrogens with one attached hydrogen (secondary N) is 2. The molecule has 1 atom stereocenters. The van der Waals surface area contributed by atoms with Crippen LogP contribution in [0.25, 0.3) is 0 Å². The SMILES string of the molecule is C[C@@H]1c2ccc(Oc3ncccc3F)cc2OC(=O)N1Cc1cccc(NS(=O)(=O)NCCN(C)C)c1F. The van der Waals surface area contributed by atoms with Crippen molar-refractivity contribution in [3.8, 4) is 17.4 Å². The lowest BCUT2D eigenvalue weighted by Gasteiger charge is -2.34. The number of halogens is 2. The summed E-state index contributed by atoms with van der Waals surface area (Å²) in [5.41, 5.74) is 0.471. The topological polar surface area (TPSA) is 113 Å². The number of amides is 1. The van der Waals surface area contributed by atoms with Crippen molar-refractivity contribution in [2.45, 2.75) is 19.5 Å². The summed E-state index contributed by atoms with van der Waals surface area (Å²) >= 11 is 0. The molecule has 2 N–H and O–H groups in total. The number of carbonyl (C=O) groups is 1. The van der Waals surface area contributed by atoms with E-state index in [1.165, 1.54) is 47.5 Å². The Morgan fingerprint density at radius 2 is 1.95 bits per heavy atom. The first-order valence-electron chi connectivity index (χ1n) is 11.6. The van der Waals surface area contributed by atoms with Crippen molar-refractivity contribution in [2.24, 2.45) is 0 Å². The van der Waals surface area contributed by atoms with E-state index >= 15 is 4.39 Å². The fourth-order valence-corrected chi connectivity index (χ4v) is 4.68. The van der Waals surface area contributed by atoms with Crippen LogP contribution < -0.4 is 18.9 Å². The van der Waals surface area contributed by atoms with Gasteiger partial charge in [0, 0.05) is 36.5 Å². The summed E-state index contributed by atoms with van der Waals surface area (Å²) in [4.78, 5) is 19.8. The number of rotatable bonds is 10. The molecule has 0 saturated heterocycles. The number of ether oxygens (including phenoxy) is 2. The van der Waals surface area contributed by atoms with E-state index < -0.39 is 34.0 Å². The van der Waals surface area contributed by atoms with Crippen molar-refractivity contribution in [3.63, 3.8) is 0 Å². The zero-order chi connectivity index (χ0) is 27.4. The van der Waals surface area contributed by atoms with Crippen LogP contribution in [0.5, 0.6) is 17.4 Å². The average Bonchev–Trinajstić information content (AvgIpc) is 2.84. The maximum Gasteiger partial charge on any atom is 0.416 e. The third-order valence-corrected chi connectivity index (χ3v) is 6.86. The van der Waals surface area contributed by atoms with Crippen molar-refractivity contribution < 1.29 is 31.5 Å². The molecule has 0 bridgehead atoms.